The van der Waals surface area contributed by atoms with Crippen LogP contribution in [0.15, 0.2) is 60.5 Å². The average molecular weight is 250 g/mol. The largest absolute Gasteiger partial charge is 0.144 e. The molecule has 3 rings (SSSR count). The molecule has 0 saturated carbocycles. The molecule has 2 aromatic carbocycles. The van der Waals surface area contributed by atoms with E-state index in [1.807, 2.05) is 0 Å². The summed E-state index contributed by atoms with van der Waals surface area (Å²) in [6.45, 7) is 6.38. The molecule has 1 heteroatoms. The van der Waals surface area contributed by atoms with Crippen molar-refractivity contribution in [2.75, 3.05) is 0 Å². The number of thiophene rings is 1. The molecule has 0 nitrogen and oxygen atoms in total. The van der Waals surface area contributed by atoms with Crippen LogP contribution in [0.3, 0.4) is 0 Å². The van der Waals surface area contributed by atoms with Crippen molar-refractivity contribution in [2.45, 2.75) is 6.92 Å². The van der Waals surface area contributed by atoms with Gasteiger partial charge in [-0.1, -0.05) is 43.0 Å². The van der Waals surface area contributed by atoms with E-state index in [1.54, 1.807) is 11.3 Å². The zero-order valence-corrected chi connectivity index (χ0v) is 11.1. The van der Waals surface area contributed by atoms with Crippen molar-refractivity contribution in [3.05, 3.63) is 76.5 Å². The van der Waals surface area contributed by atoms with Crippen LogP contribution >= 0.6 is 11.3 Å². The molecular formula is C17H14S. The number of fused-ring (bicyclic) bond motifs is 1. The number of aryl methyl sites for hydroxylation is 1. The summed E-state index contributed by atoms with van der Waals surface area (Å²) in [5.74, 6) is 0. The van der Waals surface area contributed by atoms with Crippen molar-refractivity contribution < 1.29 is 0 Å². The minimum atomic E-state index is 1.12. The van der Waals surface area contributed by atoms with Gasteiger partial charge in [-0.25, -0.2) is 0 Å². The Morgan fingerprint density at radius 3 is 2.50 bits per heavy atom. The Hall–Kier alpha value is -1.86. The van der Waals surface area contributed by atoms with Gasteiger partial charge in [0, 0.05) is 4.88 Å². The number of benzene rings is 2. The summed E-state index contributed by atoms with van der Waals surface area (Å²) in [6.07, 6.45) is 0. The normalized spacial score (nSPS) is 10.7. The van der Waals surface area contributed by atoms with Gasteiger partial charge in [0.25, 0.3) is 0 Å². The van der Waals surface area contributed by atoms with E-state index in [0.717, 1.165) is 5.57 Å². The molecular weight excluding hydrogens is 236 g/mol. The predicted octanol–water partition coefficient (Wildman–Crippen LogP) is 5.27. The van der Waals surface area contributed by atoms with Gasteiger partial charge >= 0.3 is 0 Å². The highest BCUT2D eigenvalue weighted by molar-refractivity contribution is 7.11. The first-order valence-electron chi connectivity index (χ1n) is 5.98. The van der Waals surface area contributed by atoms with Crippen LogP contribution in [0.2, 0.25) is 0 Å². The molecule has 0 N–H and O–H groups in total. The zero-order chi connectivity index (χ0) is 12.5. The van der Waals surface area contributed by atoms with E-state index in [1.165, 1.54) is 26.8 Å². The van der Waals surface area contributed by atoms with Gasteiger partial charge in [0.05, 0.1) is 0 Å². The molecule has 0 atom stereocenters. The van der Waals surface area contributed by atoms with Gasteiger partial charge in [0.1, 0.15) is 0 Å². The van der Waals surface area contributed by atoms with Crippen LogP contribution in [0.4, 0.5) is 0 Å². The maximum absolute atomic E-state index is 4.25. The van der Waals surface area contributed by atoms with Crippen molar-refractivity contribution in [2.24, 2.45) is 0 Å². The molecule has 0 radical (unpaired) electrons. The molecule has 3 aromatic rings. The number of hydrogen-bond donors (Lipinski definition) is 0. The SMILES string of the molecule is C=C(c1ccc2ccccc2c1)c1sccc1C. The number of rotatable bonds is 2. The van der Waals surface area contributed by atoms with Crippen molar-refractivity contribution in [1.82, 2.24) is 0 Å². The van der Waals surface area contributed by atoms with E-state index in [4.69, 9.17) is 0 Å². The molecule has 0 amide bonds. The van der Waals surface area contributed by atoms with Gasteiger partial charge in [-0.15, -0.1) is 11.3 Å². The molecule has 0 aliphatic rings. The molecule has 0 saturated heterocycles. The van der Waals surface area contributed by atoms with Gasteiger partial charge in [0.2, 0.25) is 0 Å². The summed E-state index contributed by atoms with van der Waals surface area (Å²) in [5, 5.41) is 4.67. The fourth-order valence-corrected chi connectivity index (χ4v) is 3.11. The second kappa shape index (κ2) is 4.43. The van der Waals surface area contributed by atoms with Crippen LogP contribution in [0.25, 0.3) is 16.3 Å². The summed E-state index contributed by atoms with van der Waals surface area (Å²) in [4.78, 5) is 1.28. The van der Waals surface area contributed by atoms with Crippen LogP contribution in [0.5, 0.6) is 0 Å². The summed E-state index contributed by atoms with van der Waals surface area (Å²) >= 11 is 1.76. The van der Waals surface area contributed by atoms with Crippen molar-refractivity contribution >= 4 is 27.7 Å². The minimum Gasteiger partial charge on any atom is -0.144 e. The molecule has 88 valence electrons. The Morgan fingerprint density at radius 1 is 1.00 bits per heavy atom. The lowest BCUT2D eigenvalue weighted by Gasteiger charge is -2.07. The summed E-state index contributed by atoms with van der Waals surface area (Å²) < 4.78 is 0. The molecule has 18 heavy (non-hydrogen) atoms. The van der Waals surface area contributed by atoms with Crippen molar-refractivity contribution in [3.8, 4) is 0 Å². The lowest BCUT2D eigenvalue weighted by atomic mass is 10.0. The predicted molar refractivity (Wildman–Crippen MR) is 81.1 cm³/mol. The highest BCUT2D eigenvalue weighted by Gasteiger charge is 2.07. The molecule has 0 fully saturated rings. The number of hydrogen-bond acceptors (Lipinski definition) is 1. The van der Waals surface area contributed by atoms with Gasteiger partial charge < -0.3 is 0 Å². The highest BCUT2D eigenvalue weighted by atomic mass is 32.1. The van der Waals surface area contributed by atoms with E-state index in [2.05, 4.69) is 67.4 Å². The van der Waals surface area contributed by atoms with E-state index in [0.29, 0.717) is 0 Å². The lowest BCUT2D eigenvalue weighted by molar-refractivity contribution is 1.51. The lowest BCUT2D eigenvalue weighted by Crippen LogP contribution is -1.85. The molecule has 0 aliphatic heterocycles. The van der Waals surface area contributed by atoms with E-state index < -0.39 is 0 Å². The van der Waals surface area contributed by atoms with Crippen LogP contribution in [0, 0.1) is 6.92 Å². The fraction of sp³-hybridized carbons (Fsp3) is 0.0588. The molecule has 0 bridgehead atoms. The smallest absolute Gasteiger partial charge is 0.0371 e. The standard InChI is InChI=1S/C17H14S/c1-12-9-10-18-17(12)13(2)15-8-7-14-5-3-4-6-16(14)11-15/h3-11H,2H2,1H3. The first kappa shape index (κ1) is 11.2. The Bertz CT molecular complexity index is 719. The maximum atomic E-state index is 4.25. The van der Waals surface area contributed by atoms with Crippen molar-refractivity contribution in [1.29, 1.82) is 0 Å². The van der Waals surface area contributed by atoms with Crippen LogP contribution in [-0.2, 0) is 0 Å². The molecule has 1 heterocycles. The second-order valence-electron chi connectivity index (χ2n) is 4.47. The van der Waals surface area contributed by atoms with Crippen molar-refractivity contribution in [3.63, 3.8) is 0 Å². The first-order valence-corrected chi connectivity index (χ1v) is 6.86. The third-order valence-electron chi connectivity index (χ3n) is 3.23. The second-order valence-corrected chi connectivity index (χ2v) is 5.39. The molecule has 0 aliphatic carbocycles. The maximum Gasteiger partial charge on any atom is 0.0371 e. The van der Waals surface area contributed by atoms with E-state index >= 15 is 0 Å². The Kier molecular flexibility index (Phi) is 2.77. The summed E-state index contributed by atoms with van der Waals surface area (Å²) in [7, 11) is 0. The van der Waals surface area contributed by atoms with Crippen LogP contribution < -0.4 is 0 Å². The quantitative estimate of drug-likeness (QED) is 0.581. The monoisotopic (exact) mass is 250 g/mol. The minimum absolute atomic E-state index is 1.12. The third kappa shape index (κ3) is 1.87. The molecule has 0 spiro atoms. The summed E-state index contributed by atoms with van der Waals surface area (Å²) in [6, 6.07) is 17.1. The van der Waals surface area contributed by atoms with Gasteiger partial charge in [-0.3, -0.25) is 0 Å². The van der Waals surface area contributed by atoms with Gasteiger partial charge in [0.15, 0.2) is 0 Å². The highest BCUT2D eigenvalue weighted by Crippen LogP contribution is 2.30. The van der Waals surface area contributed by atoms with E-state index in [9.17, 15) is 0 Å². The average Bonchev–Trinajstić information content (AvgIpc) is 2.83. The first-order chi connectivity index (χ1) is 8.75. The molecule has 0 unspecified atom stereocenters. The van der Waals surface area contributed by atoms with Crippen LogP contribution in [0.1, 0.15) is 16.0 Å². The van der Waals surface area contributed by atoms with E-state index in [-0.39, 0.29) is 0 Å². The third-order valence-corrected chi connectivity index (χ3v) is 4.31. The summed E-state index contributed by atoms with van der Waals surface area (Å²) in [5.41, 5.74) is 3.63. The Labute approximate surface area is 111 Å². The Balaban J connectivity index is 2.10. The van der Waals surface area contributed by atoms with Gasteiger partial charge in [-0.05, 0) is 51.9 Å². The zero-order valence-electron chi connectivity index (χ0n) is 10.3. The molecule has 1 aromatic heterocycles. The fourth-order valence-electron chi connectivity index (χ4n) is 2.19. The topological polar surface area (TPSA) is 0 Å². The van der Waals surface area contributed by atoms with Crippen LogP contribution in [-0.4, -0.2) is 0 Å². The Morgan fingerprint density at radius 2 is 1.78 bits per heavy atom. The van der Waals surface area contributed by atoms with Gasteiger partial charge in [-0.2, -0.15) is 0 Å².